The molecule has 4 amide bonds. The van der Waals surface area contributed by atoms with E-state index in [4.69, 9.17) is 14.2 Å². The van der Waals surface area contributed by atoms with Gasteiger partial charge in [-0.25, -0.2) is 14.4 Å². The molecule has 0 radical (unpaired) electrons. The van der Waals surface area contributed by atoms with Crippen molar-refractivity contribution >= 4 is 18.0 Å². The van der Waals surface area contributed by atoms with Crippen molar-refractivity contribution in [3.05, 3.63) is 35.0 Å². The van der Waals surface area contributed by atoms with Gasteiger partial charge in [-0.15, -0.1) is 0 Å². The van der Waals surface area contributed by atoms with Gasteiger partial charge in [0.15, 0.2) is 11.5 Å². The average Bonchev–Trinajstić information content (AvgIpc) is 3.16. The predicted octanol–water partition coefficient (Wildman–Crippen LogP) is 2.73. The van der Waals surface area contributed by atoms with E-state index in [0.717, 1.165) is 19.4 Å². The lowest BCUT2D eigenvalue weighted by Gasteiger charge is -2.38. The fourth-order valence-electron chi connectivity index (χ4n) is 4.83. The molecule has 1 fully saturated rings. The van der Waals surface area contributed by atoms with Crippen LogP contribution in [-0.4, -0.2) is 99.4 Å². The van der Waals surface area contributed by atoms with Crippen molar-refractivity contribution in [2.24, 2.45) is 0 Å². The predicted molar refractivity (Wildman–Crippen MR) is 143 cm³/mol. The monoisotopic (exact) mass is 531 g/mol. The van der Waals surface area contributed by atoms with Gasteiger partial charge in [-0.3, -0.25) is 9.80 Å². The fourth-order valence-corrected chi connectivity index (χ4v) is 4.83. The third-order valence-electron chi connectivity index (χ3n) is 6.77. The Kier molecular flexibility index (Phi) is 10.6. The van der Waals surface area contributed by atoms with E-state index in [1.807, 2.05) is 24.8 Å². The van der Waals surface area contributed by atoms with Gasteiger partial charge in [0, 0.05) is 51.5 Å². The fraction of sp³-hybridized carbons (Fsp3) is 0.593. The summed E-state index contributed by atoms with van der Waals surface area (Å²) in [5.74, 6) is 0.569. The van der Waals surface area contributed by atoms with Crippen LogP contribution in [0, 0.1) is 0 Å². The maximum Gasteiger partial charge on any atom is 0.338 e. The van der Waals surface area contributed by atoms with E-state index in [1.165, 1.54) is 0 Å². The molecule has 11 nitrogen and oxygen atoms in total. The van der Waals surface area contributed by atoms with Crippen LogP contribution in [0.2, 0.25) is 0 Å². The molecule has 210 valence electrons. The summed E-state index contributed by atoms with van der Waals surface area (Å²) < 4.78 is 16.3. The van der Waals surface area contributed by atoms with Crippen molar-refractivity contribution in [1.29, 1.82) is 0 Å². The molecule has 2 aliphatic rings. The number of nitrogens with one attached hydrogen (secondary N) is 2. The summed E-state index contributed by atoms with van der Waals surface area (Å²) in [6, 6.07) is 4.26. The molecule has 1 aromatic rings. The third-order valence-corrected chi connectivity index (χ3v) is 6.77. The van der Waals surface area contributed by atoms with E-state index in [0.29, 0.717) is 67.6 Å². The van der Waals surface area contributed by atoms with E-state index < -0.39 is 12.0 Å². The number of rotatable bonds is 10. The van der Waals surface area contributed by atoms with Crippen LogP contribution in [-0.2, 0) is 9.53 Å². The Morgan fingerprint density at radius 1 is 1.05 bits per heavy atom. The molecular weight excluding hydrogens is 490 g/mol. The molecule has 2 heterocycles. The lowest BCUT2D eigenvalue weighted by atomic mass is 9.93. The van der Waals surface area contributed by atoms with Crippen molar-refractivity contribution in [3.8, 4) is 11.5 Å². The molecule has 3 rings (SSSR count). The number of ether oxygens (including phenoxy) is 3. The zero-order valence-electron chi connectivity index (χ0n) is 23.2. The van der Waals surface area contributed by atoms with Gasteiger partial charge in [-0.05, 0) is 44.4 Å². The number of esters is 1. The van der Waals surface area contributed by atoms with E-state index in [1.54, 1.807) is 38.2 Å². The van der Waals surface area contributed by atoms with Crippen molar-refractivity contribution in [2.75, 3.05) is 66.6 Å². The highest BCUT2D eigenvalue weighted by molar-refractivity contribution is 5.95. The SMILES string of the molecule is CCCNC(=O)N1CCCN(CC2=C(C(=O)OCC)C(c3ccc(OC)c(OC)c3)NC(=O)N2CC)CC1. The second kappa shape index (κ2) is 13.9. The number of urea groups is 2. The second-order valence-corrected chi connectivity index (χ2v) is 9.17. The highest BCUT2D eigenvalue weighted by Crippen LogP contribution is 2.36. The van der Waals surface area contributed by atoms with Gasteiger partial charge in [0.25, 0.3) is 0 Å². The van der Waals surface area contributed by atoms with Gasteiger partial charge in [0.2, 0.25) is 0 Å². The largest absolute Gasteiger partial charge is 0.493 e. The normalized spacial score (nSPS) is 18.6. The van der Waals surface area contributed by atoms with Gasteiger partial charge in [-0.2, -0.15) is 0 Å². The molecule has 0 aliphatic carbocycles. The number of methoxy groups -OCH3 is 2. The summed E-state index contributed by atoms with van der Waals surface area (Å²) in [5, 5.41) is 5.93. The number of hydrogen-bond donors (Lipinski definition) is 2. The van der Waals surface area contributed by atoms with Gasteiger partial charge >= 0.3 is 18.0 Å². The lowest BCUT2D eigenvalue weighted by Crippen LogP contribution is -2.51. The molecule has 38 heavy (non-hydrogen) atoms. The van der Waals surface area contributed by atoms with Crippen LogP contribution in [0.15, 0.2) is 29.5 Å². The molecule has 0 bridgehead atoms. The van der Waals surface area contributed by atoms with E-state index >= 15 is 0 Å². The summed E-state index contributed by atoms with van der Waals surface area (Å²) in [6.07, 6.45) is 1.67. The van der Waals surface area contributed by atoms with Crippen LogP contribution < -0.4 is 20.1 Å². The first-order valence-electron chi connectivity index (χ1n) is 13.3. The van der Waals surface area contributed by atoms with Crippen LogP contribution in [0.3, 0.4) is 0 Å². The topological polar surface area (TPSA) is 113 Å². The quantitative estimate of drug-likeness (QED) is 0.447. The van der Waals surface area contributed by atoms with Gasteiger partial charge in [-0.1, -0.05) is 13.0 Å². The molecule has 1 aromatic carbocycles. The zero-order valence-corrected chi connectivity index (χ0v) is 23.2. The summed E-state index contributed by atoms with van der Waals surface area (Å²) in [7, 11) is 3.09. The first-order valence-corrected chi connectivity index (χ1v) is 13.3. The summed E-state index contributed by atoms with van der Waals surface area (Å²) in [6.45, 7) is 9.86. The van der Waals surface area contributed by atoms with Crippen LogP contribution >= 0.6 is 0 Å². The van der Waals surface area contributed by atoms with Crippen molar-refractivity contribution in [3.63, 3.8) is 0 Å². The number of benzene rings is 1. The first-order chi connectivity index (χ1) is 18.4. The Hall–Kier alpha value is -3.47. The maximum atomic E-state index is 13.4. The van der Waals surface area contributed by atoms with E-state index in [2.05, 4.69) is 15.5 Å². The highest BCUT2D eigenvalue weighted by atomic mass is 16.5. The van der Waals surface area contributed by atoms with Crippen LogP contribution in [0.25, 0.3) is 0 Å². The van der Waals surface area contributed by atoms with Gasteiger partial charge in [0.1, 0.15) is 0 Å². The Morgan fingerprint density at radius 2 is 1.82 bits per heavy atom. The molecular formula is C27H41N5O6. The summed E-state index contributed by atoms with van der Waals surface area (Å²) in [5.41, 5.74) is 1.68. The molecule has 0 saturated carbocycles. The standard InChI is InChI=1S/C27H41N5O6/c1-6-12-28-26(34)31-14-9-13-30(15-16-31)18-20-23(25(33)38-8-3)24(29-27(35)32(20)7-2)19-10-11-21(36-4)22(17-19)37-5/h10-11,17,24H,6-9,12-16,18H2,1-5H3,(H,28,34)(H,29,35). The summed E-state index contributed by atoms with van der Waals surface area (Å²) >= 11 is 0. The minimum Gasteiger partial charge on any atom is -0.493 e. The molecule has 11 heteroatoms. The number of hydrogen-bond acceptors (Lipinski definition) is 7. The van der Waals surface area contributed by atoms with Crippen molar-refractivity contribution < 1.29 is 28.6 Å². The Balaban J connectivity index is 1.97. The zero-order chi connectivity index (χ0) is 27.7. The van der Waals surface area contributed by atoms with Crippen molar-refractivity contribution in [1.82, 2.24) is 25.3 Å². The van der Waals surface area contributed by atoms with Gasteiger partial charge in [0.05, 0.1) is 32.4 Å². The minimum atomic E-state index is -0.720. The van der Waals surface area contributed by atoms with Gasteiger partial charge < -0.3 is 29.7 Å². The highest BCUT2D eigenvalue weighted by Gasteiger charge is 2.38. The molecule has 0 spiro atoms. The van der Waals surface area contributed by atoms with E-state index in [9.17, 15) is 14.4 Å². The molecule has 1 atom stereocenters. The second-order valence-electron chi connectivity index (χ2n) is 9.17. The number of carbonyl (C=O) groups excluding carboxylic acids is 3. The Bertz CT molecular complexity index is 1030. The van der Waals surface area contributed by atoms with E-state index in [-0.39, 0.29) is 18.7 Å². The Morgan fingerprint density at radius 3 is 2.47 bits per heavy atom. The number of amides is 4. The summed E-state index contributed by atoms with van der Waals surface area (Å²) in [4.78, 5) is 44.8. The van der Waals surface area contributed by atoms with Crippen LogP contribution in [0.4, 0.5) is 9.59 Å². The smallest absolute Gasteiger partial charge is 0.338 e. The molecule has 1 unspecified atom stereocenters. The number of nitrogens with zero attached hydrogens (tertiary/aromatic N) is 3. The van der Waals surface area contributed by atoms with Crippen LogP contribution in [0.1, 0.15) is 45.2 Å². The number of carbonyl (C=O) groups is 3. The first kappa shape index (κ1) is 29.1. The maximum absolute atomic E-state index is 13.4. The Labute approximate surface area is 225 Å². The third kappa shape index (κ3) is 6.69. The minimum absolute atomic E-state index is 0.0547. The average molecular weight is 532 g/mol. The number of likely N-dealkylation sites (N-methyl/N-ethyl adjacent to an activating group) is 1. The molecule has 2 aliphatic heterocycles. The van der Waals surface area contributed by atoms with Crippen LogP contribution in [0.5, 0.6) is 11.5 Å². The molecule has 2 N–H and O–H groups in total. The molecule has 0 aromatic heterocycles. The van der Waals surface area contributed by atoms with Crippen molar-refractivity contribution in [2.45, 2.75) is 39.7 Å². The lowest BCUT2D eigenvalue weighted by molar-refractivity contribution is -0.139. The molecule has 1 saturated heterocycles.